The summed E-state index contributed by atoms with van der Waals surface area (Å²) in [5.74, 6) is 0. The Balaban J connectivity index is 2.38. The second kappa shape index (κ2) is 5.66. The maximum absolute atomic E-state index is 8.68. The van der Waals surface area contributed by atoms with E-state index in [2.05, 4.69) is 18.7 Å². The highest BCUT2D eigenvalue weighted by Gasteiger charge is 2.28. The SMILES string of the molecule is CC(C)N1CCC(N)[C@@H](OCCO)C1. The van der Waals surface area contributed by atoms with Crippen LogP contribution < -0.4 is 5.73 Å². The van der Waals surface area contributed by atoms with E-state index >= 15 is 0 Å². The van der Waals surface area contributed by atoms with E-state index in [9.17, 15) is 0 Å². The summed E-state index contributed by atoms with van der Waals surface area (Å²) in [7, 11) is 0. The van der Waals surface area contributed by atoms with Crippen molar-refractivity contribution in [3.05, 3.63) is 0 Å². The summed E-state index contributed by atoms with van der Waals surface area (Å²) in [4.78, 5) is 2.37. The fraction of sp³-hybridized carbons (Fsp3) is 1.00. The summed E-state index contributed by atoms with van der Waals surface area (Å²) >= 11 is 0. The number of nitrogens with two attached hydrogens (primary N) is 1. The fourth-order valence-electron chi connectivity index (χ4n) is 1.81. The van der Waals surface area contributed by atoms with Crippen LogP contribution in [0.3, 0.4) is 0 Å². The quantitative estimate of drug-likeness (QED) is 0.663. The third-order valence-corrected chi connectivity index (χ3v) is 2.80. The molecule has 1 unspecified atom stereocenters. The summed E-state index contributed by atoms with van der Waals surface area (Å²) in [6, 6.07) is 0.666. The zero-order chi connectivity index (χ0) is 10.6. The molecule has 0 aromatic heterocycles. The van der Waals surface area contributed by atoms with Gasteiger partial charge in [-0.25, -0.2) is 0 Å². The Labute approximate surface area is 86.0 Å². The lowest BCUT2D eigenvalue weighted by Crippen LogP contribution is -2.53. The Morgan fingerprint density at radius 3 is 2.86 bits per heavy atom. The number of aliphatic hydroxyl groups excluding tert-OH is 1. The highest BCUT2D eigenvalue weighted by Crippen LogP contribution is 2.14. The molecule has 14 heavy (non-hydrogen) atoms. The van der Waals surface area contributed by atoms with Crippen LogP contribution in [-0.4, -0.2) is 54.5 Å². The molecular weight excluding hydrogens is 180 g/mol. The zero-order valence-corrected chi connectivity index (χ0v) is 9.15. The predicted octanol–water partition coefficient (Wildman–Crippen LogP) is -0.195. The molecule has 1 heterocycles. The predicted molar refractivity (Wildman–Crippen MR) is 56.1 cm³/mol. The normalized spacial score (nSPS) is 29.8. The van der Waals surface area contributed by atoms with Crippen molar-refractivity contribution >= 4 is 0 Å². The molecule has 1 aliphatic heterocycles. The number of ether oxygens (including phenoxy) is 1. The molecule has 0 amide bonds. The molecule has 4 nitrogen and oxygen atoms in total. The Hall–Kier alpha value is -0.160. The van der Waals surface area contributed by atoms with Crippen LogP contribution in [0.4, 0.5) is 0 Å². The van der Waals surface area contributed by atoms with Gasteiger partial charge in [0.25, 0.3) is 0 Å². The van der Waals surface area contributed by atoms with Gasteiger partial charge in [-0.1, -0.05) is 0 Å². The third kappa shape index (κ3) is 3.20. The lowest BCUT2D eigenvalue weighted by Gasteiger charge is -2.38. The van der Waals surface area contributed by atoms with Crippen molar-refractivity contribution in [1.29, 1.82) is 0 Å². The second-order valence-electron chi connectivity index (χ2n) is 4.17. The first-order chi connectivity index (χ1) is 6.65. The minimum Gasteiger partial charge on any atom is -0.394 e. The molecule has 0 aromatic carbocycles. The molecule has 3 N–H and O–H groups in total. The molecule has 84 valence electrons. The van der Waals surface area contributed by atoms with Gasteiger partial charge in [-0.15, -0.1) is 0 Å². The number of hydrogen-bond donors (Lipinski definition) is 2. The van der Waals surface area contributed by atoms with Crippen molar-refractivity contribution in [3.8, 4) is 0 Å². The molecule has 2 atom stereocenters. The molecule has 0 aromatic rings. The standard InChI is InChI=1S/C10H22N2O2/c1-8(2)12-4-3-9(11)10(7-12)14-6-5-13/h8-10,13H,3-7,11H2,1-2H3/t9?,10-/m0/s1. The smallest absolute Gasteiger partial charge is 0.0854 e. The number of aliphatic hydroxyl groups is 1. The first kappa shape index (κ1) is 11.9. The molecule has 1 saturated heterocycles. The Bertz CT molecular complexity index is 164. The number of likely N-dealkylation sites (tertiary alicyclic amines) is 1. The number of rotatable bonds is 4. The van der Waals surface area contributed by atoms with Gasteiger partial charge in [-0.3, -0.25) is 4.90 Å². The lowest BCUT2D eigenvalue weighted by atomic mass is 10.0. The van der Waals surface area contributed by atoms with E-state index in [1.807, 2.05) is 0 Å². The average molecular weight is 202 g/mol. The number of hydrogen-bond acceptors (Lipinski definition) is 4. The number of nitrogens with zero attached hydrogens (tertiary/aromatic N) is 1. The van der Waals surface area contributed by atoms with E-state index in [1.54, 1.807) is 0 Å². The van der Waals surface area contributed by atoms with Crippen molar-refractivity contribution in [2.75, 3.05) is 26.3 Å². The molecule has 0 spiro atoms. The summed E-state index contributed by atoms with van der Waals surface area (Å²) in [5, 5.41) is 8.68. The molecule has 4 heteroatoms. The van der Waals surface area contributed by atoms with Crippen LogP contribution in [0.15, 0.2) is 0 Å². The van der Waals surface area contributed by atoms with Crippen molar-refractivity contribution in [3.63, 3.8) is 0 Å². The van der Waals surface area contributed by atoms with Gasteiger partial charge in [0.15, 0.2) is 0 Å². The highest BCUT2D eigenvalue weighted by atomic mass is 16.5. The van der Waals surface area contributed by atoms with Crippen molar-refractivity contribution < 1.29 is 9.84 Å². The van der Waals surface area contributed by atoms with Gasteiger partial charge in [0.2, 0.25) is 0 Å². The summed E-state index contributed by atoms with van der Waals surface area (Å²) in [6.07, 6.45) is 1.06. The zero-order valence-electron chi connectivity index (χ0n) is 9.15. The fourth-order valence-corrected chi connectivity index (χ4v) is 1.81. The van der Waals surface area contributed by atoms with E-state index in [1.165, 1.54) is 0 Å². The summed E-state index contributed by atoms with van der Waals surface area (Å²) in [6.45, 7) is 6.77. The van der Waals surface area contributed by atoms with Gasteiger partial charge in [0, 0.05) is 25.2 Å². The van der Waals surface area contributed by atoms with E-state index in [0.717, 1.165) is 19.5 Å². The lowest BCUT2D eigenvalue weighted by molar-refractivity contribution is -0.0321. The molecule has 0 saturated carbocycles. The molecule has 1 rings (SSSR count). The largest absolute Gasteiger partial charge is 0.394 e. The van der Waals surface area contributed by atoms with Gasteiger partial charge < -0.3 is 15.6 Å². The van der Waals surface area contributed by atoms with Crippen molar-refractivity contribution in [2.45, 2.75) is 38.5 Å². The Morgan fingerprint density at radius 2 is 2.29 bits per heavy atom. The molecule has 0 aliphatic carbocycles. The van der Waals surface area contributed by atoms with Crippen LogP contribution in [0.25, 0.3) is 0 Å². The topological polar surface area (TPSA) is 58.7 Å². The molecule has 1 aliphatic rings. The maximum Gasteiger partial charge on any atom is 0.0854 e. The molecular formula is C10H22N2O2. The van der Waals surface area contributed by atoms with Crippen LogP contribution in [0.2, 0.25) is 0 Å². The van der Waals surface area contributed by atoms with E-state index in [4.69, 9.17) is 15.6 Å². The van der Waals surface area contributed by atoms with Gasteiger partial charge in [0.1, 0.15) is 0 Å². The van der Waals surface area contributed by atoms with Crippen LogP contribution in [-0.2, 0) is 4.74 Å². The minimum atomic E-state index is 0.0743. The first-order valence-corrected chi connectivity index (χ1v) is 5.37. The Kier molecular flexibility index (Phi) is 4.81. The van der Waals surface area contributed by atoms with E-state index in [0.29, 0.717) is 12.6 Å². The van der Waals surface area contributed by atoms with Crippen molar-refractivity contribution in [1.82, 2.24) is 4.90 Å². The van der Waals surface area contributed by atoms with Gasteiger partial charge in [0.05, 0.1) is 19.3 Å². The summed E-state index contributed by atoms with van der Waals surface area (Å²) in [5.41, 5.74) is 5.95. The monoisotopic (exact) mass is 202 g/mol. The maximum atomic E-state index is 8.68. The van der Waals surface area contributed by atoms with Crippen molar-refractivity contribution in [2.24, 2.45) is 5.73 Å². The third-order valence-electron chi connectivity index (χ3n) is 2.80. The van der Waals surface area contributed by atoms with Gasteiger partial charge >= 0.3 is 0 Å². The van der Waals surface area contributed by atoms with Gasteiger partial charge in [-0.05, 0) is 20.3 Å². The van der Waals surface area contributed by atoms with Crippen LogP contribution >= 0.6 is 0 Å². The molecule has 0 radical (unpaired) electrons. The van der Waals surface area contributed by atoms with E-state index < -0.39 is 0 Å². The van der Waals surface area contributed by atoms with Crippen LogP contribution in [0.5, 0.6) is 0 Å². The first-order valence-electron chi connectivity index (χ1n) is 5.37. The number of piperidine rings is 1. The molecule has 0 bridgehead atoms. The molecule has 1 fully saturated rings. The highest BCUT2D eigenvalue weighted by molar-refractivity contribution is 4.85. The second-order valence-corrected chi connectivity index (χ2v) is 4.17. The van der Waals surface area contributed by atoms with Crippen LogP contribution in [0, 0.1) is 0 Å². The average Bonchev–Trinajstić information content (AvgIpc) is 2.16. The van der Waals surface area contributed by atoms with Gasteiger partial charge in [-0.2, -0.15) is 0 Å². The minimum absolute atomic E-state index is 0.0743. The van der Waals surface area contributed by atoms with Crippen LogP contribution in [0.1, 0.15) is 20.3 Å². The van der Waals surface area contributed by atoms with E-state index in [-0.39, 0.29) is 18.8 Å². The summed E-state index contributed by atoms with van der Waals surface area (Å²) < 4.78 is 5.51. The Morgan fingerprint density at radius 1 is 1.57 bits per heavy atom.